The van der Waals surface area contributed by atoms with E-state index in [0.29, 0.717) is 17.3 Å². The molecule has 1 aliphatic carbocycles. The SMILES string of the molecule is O=C(Nc1cc(F)ccc1Br)NC1(C(=O)O)CCCC1. The molecule has 1 saturated carbocycles. The van der Waals surface area contributed by atoms with Crippen LogP contribution in [0, 0.1) is 5.82 Å². The van der Waals surface area contributed by atoms with E-state index in [4.69, 9.17) is 0 Å². The number of benzene rings is 1. The average Bonchev–Trinajstić information content (AvgIpc) is 2.83. The van der Waals surface area contributed by atoms with Crippen molar-refractivity contribution in [2.24, 2.45) is 0 Å². The van der Waals surface area contributed by atoms with Crippen LogP contribution in [0.4, 0.5) is 14.9 Å². The van der Waals surface area contributed by atoms with Gasteiger partial charge in [0.1, 0.15) is 11.4 Å². The first-order valence-corrected chi connectivity index (χ1v) is 7.00. The highest BCUT2D eigenvalue weighted by Gasteiger charge is 2.42. The third-order valence-corrected chi connectivity index (χ3v) is 4.09. The van der Waals surface area contributed by atoms with Gasteiger partial charge in [0.05, 0.1) is 5.69 Å². The summed E-state index contributed by atoms with van der Waals surface area (Å²) in [6, 6.07) is 3.22. The Hall–Kier alpha value is -1.63. The predicted molar refractivity (Wildman–Crippen MR) is 75.1 cm³/mol. The number of nitrogens with one attached hydrogen (secondary N) is 2. The van der Waals surface area contributed by atoms with Gasteiger partial charge in [-0.15, -0.1) is 0 Å². The lowest BCUT2D eigenvalue weighted by atomic mass is 9.98. The first-order chi connectivity index (χ1) is 9.43. The van der Waals surface area contributed by atoms with Gasteiger partial charge in [0.15, 0.2) is 0 Å². The van der Waals surface area contributed by atoms with Crippen molar-refractivity contribution in [3.63, 3.8) is 0 Å². The summed E-state index contributed by atoms with van der Waals surface area (Å²) in [6.07, 6.45) is 2.33. The fourth-order valence-electron chi connectivity index (χ4n) is 2.34. The molecule has 1 fully saturated rings. The number of amides is 2. The Morgan fingerprint density at radius 2 is 1.95 bits per heavy atom. The van der Waals surface area contributed by atoms with Gasteiger partial charge in [-0.1, -0.05) is 12.8 Å². The van der Waals surface area contributed by atoms with Gasteiger partial charge in [-0.3, -0.25) is 0 Å². The molecule has 7 heteroatoms. The lowest BCUT2D eigenvalue weighted by Gasteiger charge is -2.25. The lowest BCUT2D eigenvalue weighted by molar-refractivity contribution is -0.144. The maximum Gasteiger partial charge on any atom is 0.329 e. The van der Waals surface area contributed by atoms with Crippen LogP contribution in [-0.2, 0) is 4.79 Å². The molecule has 1 aromatic rings. The van der Waals surface area contributed by atoms with E-state index in [1.807, 2.05) is 0 Å². The quantitative estimate of drug-likeness (QED) is 0.788. The van der Waals surface area contributed by atoms with Crippen molar-refractivity contribution in [2.45, 2.75) is 31.2 Å². The molecule has 0 spiro atoms. The van der Waals surface area contributed by atoms with Gasteiger partial charge in [-0.25, -0.2) is 14.0 Å². The number of hydrogen-bond acceptors (Lipinski definition) is 2. The van der Waals surface area contributed by atoms with E-state index >= 15 is 0 Å². The normalized spacial score (nSPS) is 16.7. The number of carboxylic acids is 1. The van der Waals surface area contributed by atoms with E-state index in [0.717, 1.165) is 18.9 Å². The highest BCUT2D eigenvalue weighted by Crippen LogP contribution is 2.30. The zero-order valence-electron chi connectivity index (χ0n) is 10.6. The standard InChI is InChI=1S/C13H14BrFN2O3/c14-9-4-3-8(15)7-10(9)16-12(20)17-13(11(18)19)5-1-2-6-13/h3-4,7H,1-2,5-6H2,(H,18,19)(H2,16,17,20). The molecule has 5 nitrogen and oxygen atoms in total. The van der Waals surface area contributed by atoms with Crippen LogP contribution in [-0.4, -0.2) is 22.6 Å². The maximum atomic E-state index is 13.1. The van der Waals surface area contributed by atoms with E-state index in [1.54, 1.807) is 0 Å². The number of carbonyl (C=O) groups excluding carboxylic acids is 1. The molecule has 108 valence electrons. The monoisotopic (exact) mass is 344 g/mol. The number of hydrogen-bond donors (Lipinski definition) is 3. The molecule has 0 heterocycles. The predicted octanol–water partition coefficient (Wildman–Crippen LogP) is 3.11. The summed E-state index contributed by atoms with van der Waals surface area (Å²) in [5.74, 6) is -1.53. The zero-order chi connectivity index (χ0) is 14.8. The zero-order valence-corrected chi connectivity index (χ0v) is 12.2. The Balaban J connectivity index is 2.08. The van der Waals surface area contributed by atoms with Gasteiger partial charge in [0.2, 0.25) is 0 Å². The summed E-state index contributed by atoms with van der Waals surface area (Å²) in [7, 11) is 0. The number of anilines is 1. The van der Waals surface area contributed by atoms with E-state index in [9.17, 15) is 19.1 Å². The molecule has 0 aromatic heterocycles. The van der Waals surface area contributed by atoms with Crippen LogP contribution in [0.15, 0.2) is 22.7 Å². The van der Waals surface area contributed by atoms with Crippen LogP contribution >= 0.6 is 15.9 Å². The molecule has 1 aliphatic rings. The van der Waals surface area contributed by atoms with Gasteiger partial charge in [0, 0.05) is 4.47 Å². The fourth-order valence-corrected chi connectivity index (χ4v) is 2.68. The van der Waals surface area contributed by atoms with E-state index in [-0.39, 0.29) is 5.69 Å². The van der Waals surface area contributed by atoms with Gasteiger partial charge >= 0.3 is 12.0 Å². The van der Waals surface area contributed by atoms with Crippen LogP contribution in [0.5, 0.6) is 0 Å². The Kier molecular flexibility index (Phi) is 4.27. The van der Waals surface area contributed by atoms with E-state index in [1.165, 1.54) is 12.1 Å². The molecule has 0 saturated heterocycles. The third kappa shape index (κ3) is 3.09. The molecule has 20 heavy (non-hydrogen) atoms. The Morgan fingerprint density at radius 3 is 2.55 bits per heavy atom. The smallest absolute Gasteiger partial charge is 0.329 e. The molecule has 0 bridgehead atoms. The second-order valence-electron chi connectivity index (χ2n) is 4.80. The number of halogens is 2. The van der Waals surface area contributed by atoms with Crippen LogP contribution in [0.3, 0.4) is 0 Å². The number of carbonyl (C=O) groups is 2. The number of urea groups is 1. The Morgan fingerprint density at radius 1 is 1.30 bits per heavy atom. The van der Waals surface area contributed by atoms with Gasteiger partial charge in [-0.05, 0) is 47.0 Å². The largest absolute Gasteiger partial charge is 0.480 e. The molecular formula is C13H14BrFN2O3. The van der Waals surface area contributed by atoms with Crippen molar-refractivity contribution >= 4 is 33.6 Å². The second kappa shape index (κ2) is 5.78. The number of carboxylic acid groups (broad SMARTS) is 1. The maximum absolute atomic E-state index is 13.1. The second-order valence-corrected chi connectivity index (χ2v) is 5.65. The highest BCUT2D eigenvalue weighted by atomic mass is 79.9. The lowest BCUT2D eigenvalue weighted by Crippen LogP contribution is -2.53. The Bertz CT molecular complexity index is 544. The van der Waals surface area contributed by atoms with Gasteiger partial charge < -0.3 is 15.7 Å². The van der Waals surface area contributed by atoms with Crippen molar-refractivity contribution in [1.29, 1.82) is 0 Å². The van der Waals surface area contributed by atoms with Crippen LogP contribution in [0.2, 0.25) is 0 Å². The third-order valence-electron chi connectivity index (χ3n) is 3.40. The summed E-state index contributed by atoms with van der Waals surface area (Å²) in [6.45, 7) is 0. The minimum Gasteiger partial charge on any atom is -0.480 e. The molecule has 2 rings (SSSR count). The minimum atomic E-state index is -1.22. The Labute approximate surface area is 123 Å². The van der Waals surface area contributed by atoms with E-state index < -0.39 is 23.4 Å². The summed E-state index contributed by atoms with van der Waals surface area (Å²) in [5, 5.41) is 14.2. The van der Waals surface area contributed by atoms with Gasteiger partial charge in [0.25, 0.3) is 0 Å². The van der Waals surface area contributed by atoms with Crippen LogP contribution < -0.4 is 10.6 Å². The first kappa shape index (κ1) is 14.8. The van der Waals surface area contributed by atoms with Crippen LogP contribution in [0.1, 0.15) is 25.7 Å². The van der Waals surface area contributed by atoms with Crippen molar-refractivity contribution < 1.29 is 19.1 Å². The molecule has 3 N–H and O–H groups in total. The molecule has 0 atom stereocenters. The molecular weight excluding hydrogens is 331 g/mol. The topological polar surface area (TPSA) is 78.4 Å². The molecule has 0 unspecified atom stereocenters. The van der Waals surface area contributed by atoms with Gasteiger partial charge in [-0.2, -0.15) is 0 Å². The van der Waals surface area contributed by atoms with E-state index in [2.05, 4.69) is 26.6 Å². The highest BCUT2D eigenvalue weighted by molar-refractivity contribution is 9.10. The summed E-state index contributed by atoms with van der Waals surface area (Å²) in [4.78, 5) is 23.2. The fraction of sp³-hybridized carbons (Fsp3) is 0.385. The minimum absolute atomic E-state index is 0.251. The molecule has 1 aromatic carbocycles. The van der Waals surface area contributed by atoms with Crippen molar-refractivity contribution in [3.05, 3.63) is 28.5 Å². The first-order valence-electron chi connectivity index (χ1n) is 6.20. The molecule has 0 aliphatic heterocycles. The summed E-state index contributed by atoms with van der Waals surface area (Å²) >= 11 is 3.19. The summed E-state index contributed by atoms with van der Waals surface area (Å²) < 4.78 is 13.6. The number of rotatable bonds is 3. The molecule has 0 radical (unpaired) electrons. The van der Waals surface area contributed by atoms with Crippen molar-refractivity contribution in [2.75, 3.05) is 5.32 Å². The van der Waals surface area contributed by atoms with Crippen molar-refractivity contribution in [3.8, 4) is 0 Å². The average molecular weight is 345 g/mol. The van der Waals surface area contributed by atoms with Crippen molar-refractivity contribution in [1.82, 2.24) is 5.32 Å². The molecule has 2 amide bonds. The number of aliphatic carboxylic acids is 1. The van der Waals surface area contributed by atoms with Crippen LogP contribution in [0.25, 0.3) is 0 Å². The summed E-state index contributed by atoms with van der Waals surface area (Å²) in [5.41, 5.74) is -0.967.